The van der Waals surface area contributed by atoms with Crippen molar-refractivity contribution in [3.63, 3.8) is 0 Å². The number of pyridine rings is 1. The van der Waals surface area contributed by atoms with E-state index in [4.69, 9.17) is 4.98 Å². The maximum Gasteiger partial charge on any atom is 0.117 e. The smallest absolute Gasteiger partial charge is 0.117 e. The van der Waals surface area contributed by atoms with E-state index in [1.807, 2.05) is 25.3 Å². The summed E-state index contributed by atoms with van der Waals surface area (Å²) in [6, 6.07) is 18.7. The molecule has 2 heterocycles. The predicted octanol–water partition coefficient (Wildman–Crippen LogP) is 5.91. The van der Waals surface area contributed by atoms with Crippen molar-refractivity contribution in [2.75, 3.05) is 5.32 Å². The van der Waals surface area contributed by atoms with E-state index in [1.54, 1.807) is 11.8 Å². The molecule has 0 aliphatic rings. The van der Waals surface area contributed by atoms with E-state index in [2.05, 4.69) is 80.3 Å². The molecular weight excluding hydrogens is 455 g/mol. The Labute approximate surface area is 170 Å². The Morgan fingerprint density at radius 3 is 2.81 bits per heavy atom. The van der Waals surface area contributed by atoms with Crippen LogP contribution in [0, 0.1) is 10.5 Å². The van der Waals surface area contributed by atoms with Crippen LogP contribution < -0.4 is 5.32 Å². The number of fused-ring (bicyclic) bond motifs is 1. The van der Waals surface area contributed by atoms with Crippen LogP contribution >= 0.6 is 34.4 Å². The molecule has 0 amide bonds. The highest BCUT2D eigenvalue weighted by Crippen LogP contribution is 2.25. The molecule has 2 N–H and O–H groups in total. The van der Waals surface area contributed by atoms with Gasteiger partial charge in [-0.1, -0.05) is 6.07 Å². The fourth-order valence-corrected chi connectivity index (χ4v) is 4.09. The Morgan fingerprint density at radius 1 is 1.08 bits per heavy atom. The lowest BCUT2D eigenvalue weighted by Crippen LogP contribution is -1.90. The van der Waals surface area contributed by atoms with Crippen LogP contribution in [0.15, 0.2) is 65.7 Å². The number of benzene rings is 2. The largest absolute Gasteiger partial charge is 0.355 e. The van der Waals surface area contributed by atoms with E-state index in [9.17, 15) is 0 Å². The van der Waals surface area contributed by atoms with Gasteiger partial charge >= 0.3 is 0 Å². The minimum absolute atomic E-state index is 0.803. The van der Waals surface area contributed by atoms with Crippen molar-refractivity contribution in [2.45, 2.75) is 17.6 Å². The first-order valence-corrected chi connectivity index (χ1v) is 10.3. The number of H-pyrrole nitrogens is 1. The van der Waals surface area contributed by atoms with Crippen LogP contribution in [0.1, 0.15) is 11.5 Å². The molecule has 0 radical (unpaired) electrons. The molecule has 4 nitrogen and oxygen atoms in total. The number of hydrogen-bond donors (Lipinski definition) is 2. The number of aromatic nitrogens is 3. The van der Waals surface area contributed by atoms with E-state index < -0.39 is 0 Å². The van der Waals surface area contributed by atoms with Crippen LogP contribution in [0.2, 0.25) is 0 Å². The monoisotopic (exact) mass is 472 g/mol. The zero-order valence-corrected chi connectivity index (χ0v) is 17.1. The number of thioether (sulfide) groups is 1. The molecular formula is C20H17IN4S. The molecule has 0 aliphatic carbocycles. The van der Waals surface area contributed by atoms with Crippen LogP contribution in [0.25, 0.3) is 11.0 Å². The van der Waals surface area contributed by atoms with E-state index in [1.165, 1.54) is 8.47 Å². The van der Waals surface area contributed by atoms with Crippen LogP contribution in [0.4, 0.5) is 11.4 Å². The fourth-order valence-electron chi connectivity index (χ4n) is 2.70. The lowest BCUT2D eigenvalue weighted by Gasteiger charge is -2.06. The molecule has 0 aliphatic heterocycles. The maximum absolute atomic E-state index is 4.74. The van der Waals surface area contributed by atoms with Gasteiger partial charge in [-0.3, -0.25) is 4.98 Å². The normalized spacial score (nSPS) is 11.0. The number of rotatable bonds is 5. The second-order valence-corrected chi connectivity index (χ2v) is 8.27. The van der Waals surface area contributed by atoms with Gasteiger partial charge in [-0.05, 0) is 78.0 Å². The number of aryl methyl sites for hydroxylation is 1. The van der Waals surface area contributed by atoms with Gasteiger partial charge in [0.1, 0.15) is 5.82 Å². The lowest BCUT2D eigenvalue weighted by atomic mass is 10.2. The van der Waals surface area contributed by atoms with Crippen LogP contribution in [0.5, 0.6) is 0 Å². The number of hydrogen-bond acceptors (Lipinski definition) is 4. The Balaban J connectivity index is 1.50. The standard InChI is InChI=1S/C20H17IN4S/c1-13-9-17(7-8-22-13)26-12-20-24-18-6-5-16(11-19(18)25-20)23-15-4-2-3-14(21)10-15/h2-11,23H,12H2,1H3,(H,24,25). The van der Waals surface area contributed by atoms with Gasteiger partial charge in [0.2, 0.25) is 0 Å². The number of anilines is 2. The molecule has 0 spiro atoms. The maximum atomic E-state index is 4.74. The van der Waals surface area contributed by atoms with E-state index in [0.29, 0.717) is 0 Å². The van der Waals surface area contributed by atoms with Crippen molar-refractivity contribution in [1.82, 2.24) is 15.0 Å². The zero-order valence-electron chi connectivity index (χ0n) is 14.2. The van der Waals surface area contributed by atoms with Crippen molar-refractivity contribution in [2.24, 2.45) is 0 Å². The van der Waals surface area contributed by atoms with Gasteiger partial charge in [0.05, 0.1) is 16.8 Å². The van der Waals surface area contributed by atoms with E-state index in [-0.39, 0.29) is 0 Å². The Kier molecular flexibility index (Phi) is 5.12. The summed E-state index contributed by atoms with van der Waals surface area (Å²) in [4.78, 5) is 13.6. The third-order valence-electron chi connectivity index (χ3n) is 3.89. The number of halogens is 1. The molecule has 2 aromatic carbocycles. The van der Waals surface area contributed by atoms with Crippen molar-refractivity contribution < 1.29 is 0 Å². The fraction of sp³-hybridized carbons (Fsp3) is 0.100. The summed E-state index contributed by atoms with van der Waals surface area (Å²) in [5, 5.41) is 3.44. The summed E-state index contributed by atoms with van der Waals surface area (Å²) in [6.45, 7) is 2.01. The van der Waals surface area contributed by atoms with Crippen molar-refractivity contribution in [3.05, 3.63) is 75.9 Å². The van der Waals surface area contributed by atoms with Gasteiger partial charge in [0, 0.05) is 31.7 Å². The molecule has 0 bridgehead atoms. The van der Waals surface area contributed by atoms with Crippen LogP contribution in [-0.4, -0.2) is 15.0 Å². The van der Waals surface area contributed by atoms with Crippen molar-refractivity contribution >= 4 is 56.8 Å². The number of nitrogens with one attached hydrogen (secondary N) is 2. The van der Waals surface area contributed by atoms with Crippen LogP contribution in [0.3, 0.4) is 0 Å². The second-order valence-electron chi connectivity index (χ2n) is 5.97. The third kappa shape index (κ3) is 4.19. The number of aromatic amines is 1. The summed E-state index contributed by atoms with van der Waals surface area (Å²) in [6.07, 6.45) is 1.85. The van der Waals surface area contributed by atoms with Crippen molar-refractivity contribution in [1.29, 1.82) is 0 Å². The molecule has 0 atom stereocenters. The topological polar surface area (TPSA) is 53.6 Å². The quantitative estimate of drug-likeness (QED) is 0.280. The summed E-state index contributed by atoms with van der Waals surface area (Å²) >= 11 is 4.08. The van der Waals surface area contributed by atoms with Crippen molar-refractivity contribution in [3.8, 4) is 0 Å². The average Bonchev–Trinajstić information content (AvgIpc) is 3.02. The van der Waals surface area contributed by atoms with E-state index in [0.717, 1.165) is 39.7 Å². The zero-order chi connectivity index (χ0) is 17.9. The molecule has 0 fully saturated rings. The Hall–Kier alpha value is -2.06. The highest BCUT2D eigenvalue weighted by Gasteiger charge is 2.06. The molecule has 4 aromatic rings. The first-order valence-electron chi connectivity index (χ1n) is 8.22. The summed E-state index contributed by atoms with van der Waals surface area (Å²) in [5.41, 5.74) is 5.18. The van der Waals surface area contributed by atoms with Gasteiger partial charge in [0.25, 0.3) is 0 Å². The first-order chi connectivity index (χ1) is 12.7. The highest BCUT2D eigenvalue weighted by molar-refractivity contribution is 14.1. The summed E-state index contributed by atoms with van der Waals surface area (Å²) < 4.78 is 1.21. The molecule has 0 saturated carbocycles. The second kappa shape index (κ2) is 7.67. The highest BCUT2D eigenvalue weighted by atomic mass is 127. The minimum Gasteiger partial charge on any atom is -0.355 e. The van der Waals surface area contributed by atoms with Gasteiger partial charge in [-0.2, -0.15) is 0 Å². The Morgan fingerprint density at radius 2 is 1.96 bits per heavy atom. The van der Waals surface area contributed by atoms with Gasteiger partial charge in [-0.25, -0.2) is 4.98 Å². The molecule has 0 unspecified atom stereocenters. The summed E-state index contributed by atoms with van der Waals surface area (Å²) in [7, 11) is 0. The predicted molar refractivity (Wildman–Crippen MR) is 117 cm³/mol. The van der Waals surface area contributed by atoms with Crippen LogP contribution in [-0.2, 0) is 5.75 Å². The molecule has 4 rings (SSSR count). The molecule has 0 saturated heterocycles. The molecule has 6 heteroatoms. The number of nitrogens with zero attached hydrogens (tertiary/aromatic N) is 2. The SMILES string of the molecule is Cc1cc(SCc2nc3cc(Nc4cccc(I)c4)ccc3[nH]2)ccn1. The molecule has 130 valence electrons. The molecule has 2 aromatic heterocycles. The van der Waals surface area contributed by atoms with E-state index >= 15 is 0 Å². The first kappa shape index (κ1) is 17.4. The third-order valence-corrected chi connectivity index (χ3v) is 5.57. The molecule has 26 heavy (non-hydrogen) atoms. The lowest BCUT2D eigenvalue weighted by molar-refractivity contribution is 1.13. The minimum atomic E-state index is 0.803. The van der Waals surface area contributed by atoms with Gasteiger partial charge in [-0.15, -0.1) is 11.8 Å². The van der Waals surface area contributed by atoms with Gasteiger partial charge < -0.3 is 10.3 Å². The summed E-state index contributed by atoms with van der Waals surface area (Å²) in [5.74, 6) is 1.78. The average molecular weight is 472 g/mol. The number of imidazole rings is 1. The Bertz CT molecular complexity index is 1060. The van der Waals surface area contributed by atoms with Gasteiger partial charge in [0.15, 0.2) is 0 Å².